The number of carbonyl (C=O) groups is 2. The lowest BCUT2D eigenvalue weighted by molar-refractivity contribution is -0.143. The third-order valence-electron chi connectivity index (χ3n) is 3.30. The summed E-state index contributed by atoms with van der Waals surface area (Å²) < 4.78 is 4.99. The van der Waals surface area contributed by atoms with Crippen LogP contribution in [0.15, 0.2) is 54.6 Å². The summed E-state index contributed by atoms with van der Waals surface area (Å²) in [5.41, 5.74) is 1.28. The van der Waals surface area contributed by atoms with Crippen LogP contribution in [0.2, 0.25) is 5.02 Å². The fraction of sp³-hybridized carbons (Fsp3) is 0.222. The van der Waals surface area contributed by atoms with Crippen molar-refractivity contribution in [3.05, 3.63) is 70.7 Å². The predicted molar refractivity (Wildman–Crippen MR) is 86.2 cm³/mol. The Hall–Kier alpha value is -2.13. The van der Waals surface area contributed by atoms with Gasteiger partial charge >= 0.3 is 5.97 Å². The topological polar surface area (TPSA) is 43.4 Å². The molecule has 1 unspecified atom stereocenters. The van der Waals surface area contributed by atoms with Gasteiger partial charge in [-0.2, -0.15) is 0 Å². The van der Waals surface area contributed by atoms with E-state index in [0.717, 1.165) is 5.56 Å². The zero-order valence-corrected chi connectivity index (χ0v) is 13.0. The normalized spacial score (nSPS) is 11.7. The molecule has 3 nitrogen and oxygen atoms in total. The minimum absolute atomic E-state index is 0.00189. The van der Waals surface area contributed by atoms with E-state index in [1.54, 1.807) is 55.5 Å². The van der Waals surface area contributed by atoms with Crippen LogP contribution in [-0.4, -0.2) is 18.4 Å². The quantitative estimate of drug-likeness (QED) is 0.591. The van der Waals surface area contributed by atoms with Crippen molar-refractivity contribution in [2.45, 2.75) is 19.3 Å². The van der Waals surface area contributed by atoms with Gasteiger partial charge in [0.15, 0.2) is 5.78 Å². The van der Waals surface area contributed by atoms with Crippen LogP contribution < -0.4 is 0 Å². The van der Waals surface area contributed by atoms with E-state index >= 15 is 0 Å². The highest BCUT2D eigenvalue weighted by molar-refractivity contribution is 6.30. The predicted octanol–water partition coefficient (Wildman–Crippen LogP) is 4.26. The Bertz CT molecular complexity index is 652. The first-order valence-electron chi connectivity index (χ1n) is 7.12. The maximum atomic E-state index is 12.7. The van der Waals surface area contributed by atoms with Gasteiger partial charge < -0.3 is 4.74 Å². The van der Waals surface area contributed by atoms with Gasteiger partial charge in [0.2, 0.25) is 0 Å². The second-order valence-electron chi connectivity index (χ2n) is 4.85. The van der Waals surface area contributed by atoms with Crippen LogP contribution in [0.4, 0.5) is 0 Å². The van der Waals surface area contributed by atoms with Crippen molar-refractivity contribution < 1.29 is 14.3 Å². The van der Waals surface area contributed by atoms with E-state index in [2.05, 4.69) is 0 Å². The minimum atomic E-state index is -0.597. The zero-order chi connectivity index (χ0) is 15.9. The van der Waals surface area contributed by atoms with E-state index in [9.17, 15) is 9.59 Å². The molecule has 114 valence electrons. The Morgan fingerprint density at radius 2 is 1.82 bits per heavy atom. The van der Waals surface area contributed by atoms with Crippen LogP contribution in [-0.2, 0) is 9.53 Å². The Kier molecular flexibility index (Phi) is 5.73. The Labute approximate surface area is 134 Å². The molecule has 2 aromatic rings. The molecule has 0 aliphatic carbocycles. The number of carbonyl (C=O) groups excluding carboxylic acids is 2. The number of rotatable bonds is 6. The second-order valence-corrected chi connectivity index (χ2v) is 5.28. The molecule has 0 spiro atoms. The smallest absolute Gasteiger partial charge is 0.306 e. The molecule has 0 radical (unpaired) electrons. The van der Waals surface area contributed by atoms with Gasteiger partial charge in [-0.1, -0.05) is 54.1 Å². The summed E-state index contributed by atoms with van der Waals surface area (Å²) in [6.45, 7) is 2.03. The van der Waals surface area contributed by atoms with Crippen LogP contribution in [0.1, 0.15) is 35.2 Å². The molecule has 0 aliphatic heterocycles. The number of benzene rings is 2. The molecule has 22 heavy (non-hydrogen) atoms. The van der Waals surface area contributed by atoms with E-state index in [-0.39, 0.29) is 12.2 Å². The molecule has 0 N–H and O–H groups in total. The molecule has 1 atom stereocenters. The maximum Gasteiger partial charge on any atom is 0.306 e. The molecule has 0 amide bonds. The highest BCUT2D eigenvalue weighted by Crippen LogP contribution is 2.27. The number of halogens is 1. The highest BCUT2D eigenvalue weighted by Gasteiger charge is 2.25. The minimum Gasteiger partial charge on any atom is -0.466 e. The molecular weight excluding hydrogens is 300 g/mol. The second kappa shape index (κ2) is 7.76. The first-order valence-corrected chi connectivity index (χ1v) is 7.50. The number of esters is 1. The van der Waals surface area contributed by atoms with Crippen molar-refractivity contribution in [1.82, 2.24) is 0 Å². The van der Waals surface area contributed by atoms with Crippen LogP contribution >= 0.6 is 11.6 Å². The van der Waals surface area contributed by atoms with Crippen LogP contribution in [0, 0.1) is 0 Å². The summed E-state index contributed by atoms with van der Waals surface area (Å²) >= 11 is 6.01. The average molecular weight is 317 g/mol. The molecule has 0 saturated carbocycles. The number of ketones is 1. The Morgan fingerprint density at radius 1 is 1.09 bits per heavy atom. The van der Waals surface area contributed by atoms with Crippen LogP contribution in [0.3, 0.4) is 0 Å². The summed E-state index contributed by atoms with van der Waals surface area (Å²) in [4.78, 5) is 24.6. The van der Waals surface area contributed by atoms with Crippen molar-refractivity contribution >= 4 is 23.4 Å². The molecule has 0 aromatic heterocycles. The van der Waals surface area contributed by atoms with Crippen molar-refractivity contribution in [1.29, 1.82) is 0 Å². The number of ether oxygens (including phenoxy) is 1. The van der Waals surface area contributed by atoms with Gasteiger partial charge in [-0.05, 0) is 24.6 Å². The van der Waals surface area contributed by atoms with Gasteiger partial charge in [-0.25, -0.2) is 0 Å². The molecule has 0 saturated heterocycles. The SMILES string of the molecule is CCOC(=O)CC(C(=O)c1ccccc1)c1cccc(Cl)c1. The molecular formula is C18H17ClO3. The van der Waals surface area contributed by atoms with E-state index in [1.807, 2.05) is 6.07 Å². The summed E-state index contributed by atoms with van der Waals surface area (Å²) in [5, 5.41) is 0.534. The summed E-state index contributed by atoms with van der Waals surface area (Å²) in [6.07, 6.45) is 0.00189. The largest absolute Gasteiger partial charge is 0.466 e. The van der Waals surface area contributed by atoms with Gasteiger partial charge in [0, 0.05) is 10.6 Å². The molecule has 0 heterocycles. The van der Waals surface area contributed by atoms with Gasteiger partial charge in [-0.3, -0.25) is 9.59 Å². The van der Waals surface area contributed by atoms with Crippen molar-refractivity contribution in [2.75, 3.05) is 6.61 Å². The third-order valence-corrected chi connectivity index (χ3v) is 3.54. The van der Waals surface area contributed by atoms with Crippen LogP contribution in [0.5, 0.6) is 0 Å². The summed E-state index contributed by atoms with van der Waals surface area (Å²) in [7, 11) is 0. The molecule has 0 fully saturated rings. The first kappa shape index (κ1) is 16.2. The van der Waals surface area contributed by atoms with E-state index in [4.69, 9.17) is 16.3 Å². The zero-order valence-electron chi connectivity index (χ0n) is 12.3. The van der Waals surface area contributed by atoms with Gasteiger partial charge in [0.1, 0.15) is 0 Å². The summed E-state index contributed by atoms with van der Waals surface area (Å²) in [6, 6.07) is 15.9. The fourth-order valence-corrected chi connectivity index (χ4v) is 2.47. The maximum absolute atomic E-state index is 12.7. The lowest BCUT2D eigenvalue weighted by Crippen LogP contribution is -2.18. The fourth-order valence-electron chi connectivity index (χ4n) is 2.28. The number of Topliss-reactive ketones (excluding diaryl/α,β-unsaturated/α-hetero) is 1. The number of hydrogen-bond donors (Lipinski definition) is 0. The van der Waals surface area contributed by atoms with Crippen molar-refractivity contribution in [3.8, 4) is 0 Å². The lowest BCUT2D eigenvalue weighted by Gasteiger charge is -2.16. The molecule has 2 rings (SSSR count). The Balaban J connectivity index is 2.33. The summed E-state index contributed by atoms with van der Waals surface area (Å²) in [5.74, 6) is -1.10. The van der Waals surface area contributed by atoms with Crippen LogP contribution in [0.25, 0.3) is 0 Å². The molecule has 0 bridgehead atoms. The van der Waals surface area contributed by atoms with Gasteiger partial charge in [0.25, 0.3) is 0 Å². The monoisotopic (exact) mass is 316 g/mol. The van der Waals surface area contributed by atoms with E-state index in [1.165, 1.54) is 0 Å². The van der Waals surface area contributed by atoms with Crippen molar-refractivity contribution in [2.24, 2.45) is 0 Å². The van der Waals surface area contributed by atoms with Gasteiger partial charge in [-0.15, -0.1) is 0 Å². The Morgan fingerprint density at radius 3 is 2.45 bits per heavy atom. The first-order chi connectivity index (χ1) is 10.6. The third kappa shape index (κ3) is 4.18. The van der Waals surface area contributed by atoms with Gasteiger partial charge in [0.05, 0.1) is 18.9 Å². The average Bonchev–Trinajstić information content (AvgIpc) is 2.53. The van der Waals surface area contributed by atoms with Crippen molar-refractivity contribution in [3.63, 3.8) is 0 Å². The highest BCUT2D eigenvalue weighted by atomic mass is 35.5. The molecule has 2 aromatic carbocycles. The standard InChI is InChI=1S/C18H17ClO3/c1-2-22-17(20)12-16(14-9-6-10-15(19)11-14)18(21)13-7-4-3-5-8-13/h3-11,16H,2,12H2,1H3. The van der Waals surface area contributed by atoms with E-state index < -0.39 is 11.9 Å². The van der Waals surface area contributed by atoms with E-state index in [0.29, 0.717) is 17.2 Å². The number of hydrogen-bond acceptors (Lipinski definition) is 3. The molecule has 0 aliphatic rings. The lowest BCUT2D eigenvalue weighted by atomic mass is 9.88. The molecule has 4 heteroatoms.